The Balaban J connectivity index is 1.66. The van der Waals surface area contributed by atoms with Crippen molar-refractivity contribution in [3.63, 3.8) is 0 Å². The van der Waals surface area contributed by atoms with E-state index in [2.05, 4.69) is 15.3 Å². The number of hydrogen-bond acceptors (Lipinski definition) is 6. The van der Waals surface area contributed by atoms with Crippen molar-refractivity contribution in [2.45, 2.75) is 19.6 Å². The molecule has 1 saturated heterocycles. The van der Waals surface area contributed by atoms with E-state index < -0.39 is 17.7 Å². The highest BCUT2D eigenvalue weighted by Gasteiger charge is 2.38. The summed E-state index contributed by atoms with van der Waals surface area (Å²) < 4.78 is 10.2. The third-order valence-electron chi connectivity index (χ3n) is 4.05. The zero-order valence-corrected chi connectivity index (χ0v) is 14.8. The van der Waals surface area contributed by atoms with Crippen molar-refractivity contribution in [1.82, 2.24) is 9.97 Å². The zero-order valence-electron chi connectivity index (χ0n) is 14.8. The number of carbonyl (C=O) groups excluding carboxylic acids is 2. The maximum absolute atomic E-state index is 12.0. The minimum Gasteiger partial charge on any atom is -0.419 e. The summed E-state index contributed by atoms with van der Waals surface area (Å²) in [6.07, 6.45) is 1.28. The van der Waals surface area contributed by atoms with Crippen LogP contribution in [0.1, 0.15) is 13.8 Å². The standard InChI is InChI=1S/C20H17N3O4/c1-20(2)26-18(24)13(19(25)27-20)11-21-14-9-6-10-15-16(14)23-17(22-15)12-7-4-3-5-8-12/h3-11,21H,1-2H3,(H,22,23). The molecular formula is C20H17N3O4. The van der Waals surface area contributed by atoms with Crippen molar-refractivity contribution in [1.29, 1.82) is 0 Å². The summed E-state index contributed by atoms with van der Waals surface area (Å²) in [7, 11) is 0. The van der Waals surface area contributed by atoms with Crippen LogP contribution in [0.2, 0.25) is 0 Å². The zero-order chi connectivity index (χ0) is 19.0. The molecule has 2 aromatic carbocycles. The quantitative estimate of drug-likeness (QED) is 0.421. The molecule has 2 N–H and O–H groups in total. The minimum atomic E-state index is -1.27. The van der Waals surface area contributed by atoms with Crippen molar-refractivity contribution >= 4 is 28.7 Å². The highest BCUT2D eigenvalue weighted by Crippen LogP contribution is 2.27. The van der Waals surface area contributed by atoms with E-state index >= 15 is 0 Å². The molecule has 0 radical (unpaired) electrons. The molecule has 0 bridgehead atoms. The largest absolute Gasteiger partial charge is 0.419 e. The summed E-state index contributed by atoms with van der Waals surface area (Å²) in [6, 6.07) is 15.3. The number of hydrogen-bond donors (Lipinski definition) is 2. The second-order valence-electron chi connectivity index (χ2n) is 6.53. The van der Waals surface area contributed by atoms with Crippen LogP contribution in [0.15, 0.2) is 60.3 Å². The molecule has 0 aliphatic carbocycles. The summed E-state index contributed by atoms with van der Waals surface area (Å²) >= 11 is 0. The lowest BCUT2D eigenvalue weighted by atomic mass is 10.2. The monoisotopic (exact) mass is 363 g/mol. The molecule has 0 saturated carbocycles. The summed E-state index contributed by atoms with van der Waals surface area (Å²) in [5.41, 5.74) is 2.91. The maximum atomic E-state index is 12.0. The fourth-order valence-corrected chi connectivity index (χ4v) is 2.81. The number of carbonyl (C=O) groups is 2. The number of imidazole rings is 1. The molecule has 0 amide bonds. The number of para-hydroxylation sites is 1. The highest BCUT2D eigenvalue weighted by molar-refractivity contribution is 6.15. The number of ether oxygens (including phenoxy) is 2. The Kier molecular flexibility index (Phi) is 3.92. The number of rotatable bonds is 3. The van der Waals surface area contributed by atoms with Crippen LogP contribution in [0.5, 0.6) is 0 Å². The first kappa shape index (κ1) is 16.8. The molecule has 0 atom stereocenters. The first-order valence-corrected chi connectivity index (χ1v) is 8.40. The van der Waals surface area contributed by atoms with Gasteiger partial charge in [-0.3, -0.25) is 0 Å². The summed E-state index contributed by atoms with van der Waals surface area (Å²) in [4.78, 5) is 32.0. The number of esters is 2. The average molecular weight is 363 g/mol. The first-order valence-electron chi connectivity index (χ1n) is 8.40. The van der Waals surface area contributed by atoms with Gasteiger partial charge in [0.2, 0.25) is 0 Å². The van der Waals surface area contributed by atoms with E-state index in [0.717, 1.165) is 16.9 Å². The smallest absolute Gasteiger partial charge is 0.350 e. The molecule has 27 heavy (non-hydrogen) atoms. The van der Waals surface area contributed by atoms with Gasteiger partial charge in [-0.1, -0.05) is 36.4 Å². The third kappa shape index (κ3) is 3.27. The van der Waals surface area contributed by atoms with Crippen LogP contribution in [0.3, 0.4) is 0 Å². The van der Waals surface area contributed by atoms with Crippen molar-refractivity contribution < 1.29 is 19.1 Å². The topological polar surface area (TPSA) is 93.3 Å². The van der Waals surface area contributed by atoms with Gasteiger partial charge >= 0.3 is 11.9 Å². The predicted molar refractivity (Wildman–Crippen MR) is 99.5 cm³/mol. The van der Waals surface area contributed by atoms with Crippen LogP contribution in [0.4, 0.5) is 5.69 Å². The Morgan fingerprint density at radius 1 is 1.00 bits per heavy atom. The maximum Gasteiger partial charge on any atom is 0.350 e. The molecule has 0 unspecified atom stereocenters. The second kappa shape index (κ2) is 6.28. The fraction of sp³-hybridized carbons (Fsp3) is 0.150. The SMILES string of the molecule is CC1(C)OC(=O)C(=CNc2cccc3[nH]c(-c4ccccc4)nc23)C(=O)O1. The van der Waals surface area contributed by atoms with Gasteiger partial charge in [0.1, 0.15) is 11.3 Å². The number of fused-ring (bicyclic) bond motifs is 1. The molecule has 7 nitrogen and oxygen atoms in total. The van der Waals surface area contributed by atoms with Gasteiger partial charge in [-0.15, -0.1) is 0 Å². The molecule has 136 valence electrons. The number of benzene rings is 2. The molecular weight excluding hydrogens is 346 g/mol. The van der Waals surface area contributed by atoms with E-state index in [1.165, 1.54) is 20.0 Å². The Labute approximate surface area is 155 Å². The lowest BCUT2D eigenvalue weighted by Crippen LogP contribution is -2.42. The van der Waals surface area contributed by atoms with E-state index in [9.17, 15) is 9.59 Å². The summed E-state index contributed by atoms with van der Waals surface area (Å²) in [5, 5.41) is 2.96. The molecule has 1 fully saturated rings. The molecule has 2 heterocycles. The van der Waals surface area contributed by atoms with E-state index in [4.69, 9.17) is 9.47 Å². The van der Waals surface area contributed by atoms with Gasteiger partial charge in [-0.05, 0) is 12.1 Å². The van der Waals surface area contributed by atoms with Gasteiger partial charge in [0.05, 0.1) is 11.2 Å². The van der Waals surface area contributed by atoms with E-state index in [-0.39, 0.29) is 5.57 Å². The van der Waals surface area contributed by atoms with Gasteiger partial charge in [0, 0.05) is 25.6 Å². The Hall–Kier alpha value is -3.61. The Morgan fingerprint density at radius 3 is 2.41 bits per heavy atom. The van der Waals surface area contributed by atoms with Crippen LogP contribution in [-0.4, -0.2) is 27.7 Å². The number of nitrogens with zero attached hydrogens (tertiary/aromatic N) is 1. The van der Waals surface area contributed by atoms with Crippen LogP contribution < -0.4 is 5.32 Å². The molecule has 7 heteroatoms. The van der Waals surface area contributed by atoms with Crippen molar-refractivity contribution in [2.24, 2.45) is 0 Å². The Bertz CT molecular complexity index is 1050. The lowest BCUT2D eigenvalue weighted by molar-refractivity contribution is -0.222. The van der Waals surface area contributed by atoms with Gasteiger partial charge in [0.25, 0.3) is 5.79 Å². The van der Waals surface area contributed by atoms with Crippen molar-refractivity contribution in [3.05, 3.63) is 60.3 Å². The van der Waals surface area contributed by atoms with Crippen molar-refractivity contribution in [2.75, 3.05) is 5.32 Å². The Morgan fingerprint density at radius 2 is 1.70 bits per heavy atom. The van der Waals surface area contributed by atoms with Crippen LogP contribution >= 0.6 is 0 Å². The minimum absolute atomic E-state index is 0.204. The number of nitrogens with one attached hydrogen (secondary N) is 2. The predicted octanol–water partition coefficient (Wildman–Crippen LogP) is 3.36. The normalized spacial score (nSPS) is 16.0. The molecule has 3 aromatic rings. The van der Waals surface area contributed by atoms with Crippen LogP contribution in [-0.2, 0) is 19.1 Å². The average Bonchev–Trinajstić information content (AvgIpc) is 3.06. The van der Waals surface area contributed by atoms with E-state index in [1.807, 2.05) is 42.5 Å². The first-order chi connectivity index (χ1) is 12.9. The molecule has 1 aromatic heterocycles. The number of aromatic nitrogens is 2. The van der Waals surface area contributed by atoms with Crippen LogP contribution in [0, 0.1) is 0 Å². The molecule has 0 spiro atoms. The third-order valence-corrected chi connectivity index (χ3v) is 4.05. The fourth-order valence-electron chi connectivity index (χ4n) is 2.81. The summed E-state index contributed by atoms with van der Waals surface area (Å²) in [5.74, 6) is -2.00. The van der Waals surface area contributed by atoms with Crippen LogP contribution in [0.25, 0.3) is 22.4 Å². The van der Waals surface area contributed by atoms with Gasteiger partial charge < -0.3 is 19.8 Å². The molecule has 4 rings (SSSR count). The number of H-pyrrole nitrogens is 1. The lowest BCUT2D eigenvalue weighted by Gasteiger charge is -2.29. The van der Waals surface area contributed by atoms with Gasteiger partial charge in [-0.25, -0.2) is 14.6 Å². The molecule has 1 aliphatic rings. The van der Waals surface area contributed by atoms with Crippen molar-refractivity contribution in [3.8, 4) is 11.4 Å². The second-order valence-corrected chi connectivity index (χ2v) is 6.53. The number of cyclic esters (lactones) is 2. The number of aromatic amines is 1. The summed E-state index contributed by atoms with van der Waals surface area (Å²) in [6.45, 7) is 3.01. The van der Waals surface area contributed by atoms with Gasteiger partial charge in [0.15, 0.2) is 5.57 Å². The molecule has 1 aliphatic heterocycles. The highest BCUT2D eigenvalue weighted by atomic mass is 16.7. The van der Waals surface area contributed by atoms with Gasteiger partial charge in [-0.2, -0.15) is 0 Å². The number of anilines is 1. The van der Waals surface area contributed by atoms with E-state index in [1.54, 1.807) is 6.07 Å². The van der Waals surface area contributed by atoms with E-state index in [0.29, 0.717) is 11.2 Å².